The largest absolute Gasteiger partial charge is 0.455 e. The van der Waals surface area contributed by atoms with Crippen molar-refractivity contribution >= 4 is 28.3 Å². The number of nitrogens with zero attached hydrogens (tertiary/aromatic N) is 1. The predicted molar refractivity (Wildman–Crippen MR) is 77.6 cm³/mol. The minimum atomic E-state index is 0.743. The van der Waals surface area contributed by atoms with E-state index in [1.807, 2.05) is 37.3 Å². The average Bonchev–Trinajstić information content (AvgIpc) is 2.33. The summed E-state index contributed by atoms with van der Waals surface area (Å²) in [5.74, 6) is 1.59. The zero-order chi connectivity index (χ0) is 12.1. The fraction of sp³-hybridized carbons (Fsp3) is 0.154. The number of anilines is 1. The minimum Gasteiger partial charge on any atom is -0.455 e. The second kappa shape index (κ2) is 5.86. The fourth-order valence-electron chi connectivity index (χ4n) is 1.43. The van der Waals surface area contributed by atoms with Crippen LogP contribution in [0.3, 0.4) is 0 Å². The van der Waals surface area contributed by atoms with Crippen LogP contribution in [0.1, 0.15) is 6.92 Å². The molecule has 4 heteroatoms. The zero-order valence-electron chi connectivity index (χ0n) is 9.48. The van der Waals surface area contributed by atoms with Gasteiger partial charge in [-0.2, -0.15) is 0 Å². The molecule has 1 N–H and O–H groups in total. The number of ether oxygens (including phenoxy) is 1. The summed E-state index contributed by atoms with van der Waals surface area (Å²) < 4.78 is 6.87. The Morgan fingerprint density at radius 3 is 2.88 bits per heavy atom. The first-order valence-electron chi connectivity index (χ1n) is 5.41. The van der Waals surface area contributed by atoms with E-state index in [0.29, 0.717) is 0 Å². The van der Waals surface area contributed by atoms with Crippen molar-refractivity contribution in [3.8, 4) is 11.5 Å². The van der Waals surface area contributed by atoms with Crippen molar-refractivity contribution < 1.29 is 4.74 Å². The van der Waals surface area contributed by atoms with Gasteiger partial charge in [-0.05, 0) is 41.6 Å². The Kier molecular flexibility index (Phi) is 4.19. The van der Waals surface area contributed by atoms with Crippen LogP contribution in [-0.2, 0) is 0 Å². The van der Waals surface area contributed by atoms with Gasteiger partial charge < -0.3 is 10.1 Å². The normalized spacial score (nSPS) is 10.0. The highest BCUT2D eigenvalue weighted by molar-refractivity contribution is 14.1. The maximum Gasteiger partial charge on any atom is 0.147 e. The molecule has 1 heterocycles. The van der Waals surface area contributed by atoms with Gasteiger partial charge in [0.2, 0.25) is 0 Å². The van der Waals surface area contributed by atoms with E-state index in [2.05, 4.69) is 32.9 Å². The van der Waals surface area contributed by atoms with E-state index in [4.69, 9.17) is 4.74 Å². The number of hydrogen-bond acceptors (Lipinski definition) is 3. The molecule has 0 spiro atoms. The molecule has 88 valence electrons. The van der Waals surface area contributed by atoms with Gasteiger partial charge in [0.25, 0.3) is 0 Å². The van der Waals surface area contributed by atoms with Gasteiger partial charge in [0, 0.05) is 12.6 Å². The van der Waals surface area contributed by atoms with Crippen LogP contribution < -0.4 is 10.1 Å². The topological polar surface area (TPSA) is 34.2 Å². The second-order valence-corrected chi connectivity index (χ2v) is 4.63. The second-order valence-electron chi connectivity index (χ2n) is 3.47. The van der Waals surface area contributed by atoms with Crippen molar-refractivity contribution in [2.75, 3.05) is 11.9 Å². The minimum absolute atomic E-state index is 0.743. The molecule has 0 aliphatic rings. The van der Waals surface area contributed by atoms with Crippen LogP contribution in [0, 0.1) is 3.57 Å². The van der Waals surface area contributed by atoms with E-state index in [1.165, 1.54) is 0 Å². The summed E-state index contributed by atoms with van der Waals surface area (Å²) in [4.78, 5) is 4.14. The smallest absolute Gasteiger partial charge is 0.147 e. The van der Waals surface area contributed by atoms with Gasteiger partial charge >= 0.3 is 0 Å². The highest BCUT2D eigenvalue weighted by Gasteiger charge is 2.02. The molecule has 0 aliphatic carbocycles. The first kappa shape index (κ1) is 12.2. The van der Waals surface area contributed by atoms with Crippen molar-refractivity contribution in [2.24, 2.45) is 0 Å². The van der Waals surface area contributed by atoms with Crippen molar-refractivity contribution in [3.63, 3.8) is 0 Å². The van der Waals surface area contributed by atoms with E-state index in [9.17, 15) is 0 Å². The van der Waals surface area contributed by atoms with Gasteiger partial charge in [0.05, 0.1) is 21.7 Å². The number of rotatable bonds is 4. The molecule has 2 rings (SSSR count). The number of aromatic nitrogens is 1. The van der Waals surface area contributed by atoms with Gasteiger partial charge in [0.1, 0.15) is 11.5 Å². The molecule has 17 heavy (non-hydrogen) atoms. The Bertz CT molecular complexity index is 502. The SMILES string of the molecule is CCNc1cncc(Oc2ccccc2I)c1. The first-order chi connectivity index (χ1) is 8.29. The molecule has 0 aliphatic heterocycles. The van der Waals surface area contributed by atoms with Crippen molar-refractivity contribution in [2.45, 2.75) is 6.92 Å². The molecule has 0 radical (unpaired) electrons. The third-order valence-corrected chi connectivity index (χ3v) is 3.05. The first-order valence-corrected chi connectivity index (χ1v) is 6.49. The van der Waals surface area contributed by atoms with Crippen molar-refractivity contribution in [3.05, 3.63) is 46.3 Å². The molecule has 2 aromatic rings. The van der Waals surface area contributed by atoms with Crippen LogP contribution >= 0.6 is 22.6 Å². The lowest BCUT2D eigenvalue weighted by Gasteiger charge is -2.09. The Balaban J connectivity index is 2.18. The van der Waals surface area contributed by atoms with E-state index < -0.39 is 0 Å². The number of para-hydroxylation sites is 1. The van der Waals surface area contributed by atoms with Gasteiger partial charge in [-0.15, -0.1) is 0 Å². The fourth-order valence-corrected chi connectivity index (χ4v) is 1.93. The van der Waals surface area contributed by atoms with E-state index >= 15 is 0 Å². The maximum absolute atomic E-state index is 5.79. The monoisotopic (exact) mass is 340 g/mol. The third kappa shape index (κ3) is 3.33. The average molecular weight is 340 g/mol. The third-order valence-electron chi connectivity index (χ3n) is 2.16. The van der Waals surface area contributed by atoms with Crippen LogP contribution in [0.2, 0.25) is 0 Å². The van der Waals surface area contributed by atoms with Crippen LogP contribution in [0.25, 0.3) is 0 Å². The highest BCUT2D eigenvalue weighted by atomic mass is 127. The van der Waals surface area contributed by atoms with E-state index in [-0.39, 0.29) is 0 Å². The summed E-state index contributed by atoms with van der Waals surface area (Å²) >= 11 is 2.25. The summed E-state index contributed by atoms with van der Waals surface area (Å²) in [5, 5.41) is 3.20. The molecule has 0 unspecified atom stereocenters. The van der Waals surface area contributed by atoms with Gasteiger partial charge in [-0.3, -0.25) is 4.98 Å². The van der Waals surface area contributed by atoms with Gasteiger partial charge in [-0.25, -0.2) is 0 Å². The molecule has 0 atom stereocenters. The van der Waals surface area contributed by atoms with Gasteiger partial charge in [-0.1, -0.05) is 12.1 Å². The van der Waals surface area contributed by atoms with Crippen LogP contribution in [0.4, 0.5) is 5.69 Å². The van der Waals surface area contributed by atoms with E-state index in [0.717, 1.165) is 27.3 Å². The molecular weight excluding hydrogens is 327 g/mol. The molecule has 0 bridgehead atoms. The quantitative estimate of drug-likeness (QED) is 0.857. The highest BCUT2D eigenvalue weighted by Crippen LogP contribution is 2.27. The summed E-state index contributed by atoms with van der Waals surface area (Å²) in [6, 6.07) is 9.85. The van der Waals surface area contributed by atoms with E-state index in [1.54, 1.807) is 12.4 Å². The number of halogens is 1. The number of pyridine rings is 1. The zero-order valence-corrected chi connectivity index (χ0v) is 11.6. The molecule has 0 saturated heterocycles. The van der Waals surface area contributed by atoms with Crippen molar-refractivity contribution in [1.29, 1.82) is 0 Å². The van der Waals surface area contributed by atoms with Crippen LogP contribution in [0.5, 0.6) is 11.5 Å². The summed E-state index contributed by atoms with van der Waals surface area (Å²) in [6.45, 7) is 2.92. The van der Waals surface area contributed by atoms with Gasteiger partial charge in [0.15, 0.2) is 0 Å². The Hall–Kier alpha value is -1.30. The Labute approximate surface area is 114 Å². The molecular formula is C13H13IN2O. The molecule has 0 fully saturated rings. The van der Waals surface area contributed by atoms with Crippen molar-refractivity contribution in [1.82, 2.24) is 4.98 Å². The lowest BCUT2D eigenvalue weighted by molar-refractivity contribution is 0.477. The molecule has 0 amide bonds. The molecule has 1 aromatic heterocycles. The number of hydrogen-bond donors (Lipinski definition) is 1. The number of nitrogens with one attached hydrogen (secondary N) is 1. The number of benzene rings is 1. The summed E-state index contributed by atoms with van der Waals surface area (Å²) in [6.07, 6.45) is 3.50. The lowest BCUT2D eigenvalue weighted by Crippen LogP contribution is -1.97. The summed E-state index contributed by atoms with van der Waals surface area (Å²) in [7, 11) is 0. The van der Waals surface area contributed by atoms with Crippen LogP contribution in [0.15, 0.2) is 42.7 Å². The molecule has 3 nitrogen and oxygen atoms in total. The van der Waals surface area contributed by atoms with Crippen LogP contribution in [-0.4, -0.2) is 11.5 Å². The lowest BCUT2D eigenvalue weighted by atomic mass is 10.3. The Morgan fingerprint density at radius 1 is 1.29 bits per heavy atom. The summed E-state index contributed by atoms with van der Waals surface area (Å²) in [5.41, 5.74) is 0.968. The molecule has 1 aromatic carbocycles. The molecule has 0 saturated carbocycles. The Morgan fingerprint density at radius 2 is 2.12 bits per heavy atom. The predicted octanol–water partition coefficient (Wildman–Crippen LogP) is 3.91. The maximum atomic E-state index is 5.79. The standard InChI is InChI=1S/C13H13IN2O/c1-2-16-10-7-11(9-15-8-10)17-13-6-4-3-5-12(13)14/h3-9,16H,2H2,1H3.